The largest absolute Gasteiger partial charge is 0.480 e. The van der Waals surface area contributed by atoms with E-state index in [1.165, 1.54) is 25.5 Å². The second-order valence-electron chi connectivity index (χ2n) is 5.69. The third-order valence-electron chi connectivity index (χ3n) is 3.93. The van der Waals surface area contributed by atoms with Crippen molar-refractivity contribution >= 4 is 28.0 Å². The SMILES string of the molecule is COc1nc(N)nc(N2CCCC2)c1/C=N/NS(=O)(=O)c1ccccc1. The van der Waals surface area contributed by atoms with Crippen molar-refractivity contribution in [2.75, 3.05) is 30.8 Å². The summed E-state index contributed by atoms with van der Waals surface area (Å²) in [6, 6.07) is 7.99. The van der Waals surface area contributed by atoms with Gasteiger partial charge in [-0.2, -0.15) is 23.5 Å². The van der Waals surface area contributed by atoms with Crippen LogP contribution in [0, 0.1) is 0 Å². The number of benzene rings is 1. The van der Waals surface area contributed by atoms with Gasteiger partial charge in [0.05, 0.1) is 23.8 Å². The van der Waals surface area contributed by atoms with Crippen LogP contribution in [0.2, 0.25) is 0 Å². The number of rotatable bonds is 6. The Bertz CT molecular complexity index is 896. The lowest BCUT2D eigenvalue weighted by atomic mass is 10.3. The Hall–Kier alpha value is -2.88. The quantitative estimate of drug-likeness (QED) is 0.569. The van der Waals surface area contributed by atoms with Crippen molar-refractivity contribution < 1.29 is 13.2 Å². The summed E-state index contributed by atoms with van der Waals surface area (Å²) in [4.78, 5) is 12.7. The lowest BCUT2D eigenvalue weighted by Gasteiger charge is -2.19. The van der Waals surface area contributed by atoms with Gasteiger partial charge in [0.25, 0.3) is 10.0 Å². The molecule has 1 aliphatic rings. The maximum atomic E-state index is 12.3. The van der Waals surface area contributed by atoms with Gasteiger partial charge in [0.15, 0.2) is 0 Å². The van der Waals surface area contributed by atoms with Gasteiger partial charge < -0.3 is 15.4 Å². The highest BCUT2D eigenvalue weighted by Gasteiger charge is 2.21. The first-order chi connectivity index (χ1) is 12.5. The molecule has 10 heteroatoms. The minimum absolute atomic E-state index is 0.0887. The highest BCUT2D eigenvalue weighted by Crippen LogP contribution is 2.28. The van der Waals surface area contributed by atoms with Gasteiger partial charge in [-0.1, -0.05) is 18.2 Å². The number of anilines is 2. The van der Waals surface area contributed by atoms with Crippen LogP contribution in [-0.2, 0) is 10.0 Å². The summed E-state index contributed by atoms with van der Waals surface area (Å²) in [5.74, 6) is 0.905. The van der Waals surface area contributed by atoms with E-state index < -0.39 is 10.0 Å². The molecule has 1 saturated heterocycles. The van der Waals surface area contributed by atoms with Crippen molar-refractivity contribution in [3.05, 3.63) is 35.9 Å². The summed E-state index contributed by atoms with van der Waals surface area (Å²) < 4.78 is 29.8. The van der Waals surface area contributed by atoms with Crippen molar-refractivity contribution in [2.24, 2.45) is 5.10 Å². The summed E-state index contributed by atoms with van der Waals surface area (Å²) in [6.07, 6.45) is 3.43. The third-order valence-corrected chi connectivity index (χ3v) is 5.17. The molecular formula is C16H20N6O3S. The maximum absolute atomic E-state index is 12.3. The molecule has 1 aliphatic heterocycles. The van der Waals surface area contributed by atoms with E-state index in [-0.39, 0.29) is 16.7 Å². The standard InChI is InChI=1S/C16H20N6O3S/c1-25-15-13(14(19-16(17)20-15)22-9-5-6-10-22)11-18-21-26(23,24)12-7-3-2-4-8-12/h2-4,7-8,11,21H,5-6,9-10H2,1H3,(H2,17,19,20)/b18-11+. The number of hydrogen-bond acceptors (Lipinski definition) is 8. The molecule has 3 rings (SSSR count). The molecular weight excluding hydrogens is 356 g/mol. The first-order valence-electron chi connectivity index (χ1n) is 8.07. The van der Waals surface area contributed by atoms with Gasteiger partial charge in [0.2, 0.25) is 11.8 Å². The molecule has 0 bridgehead atoms. The van der Waals surface area contributed by atoms with Crippen molar-refractivity contribution in [1.82, 2.24) is 14.8 Å². The Labute approximate surface area is 152 Å². The van der Waals surface area contributed by atoms with Gasteiger partial charge >= 0.3 is 0 Å². The molecule has 0 amide bonds. The lowest BCUT2D eigenvalue weighted by molar-refractivity contribution is 0.397. The monoisotopic (exact) mass is 376 g/mol. The summed E-state index contributed by atoms with van der Waals surface area (Å²) in [5.41, 5.74) is 6.23. The topological polar surface area (TPSA) is 123 Å². The number of nitrogens with one attached hydrogen (secondary N) is 1. The average molecular weight is 376 g/mol. The predicted octanol–water partition coefficient (Wildman–Crippen LogP) is 0.980. The number of nitrogens with two attached hydrogens (primary N) is 1. The van der Waals surface area contributed by atoms with Gasteiger partial charge in [0, 0.05) is 13.1 Å². The van der Waals surface area contributed by atoms with E-state index in [4.69, 9.17) is 10.5 Å². The first kappa shape index (κ1) is 17.9. The van der Waals surface area contributed by atoms with Crippen LogP contribution in [0.4, 0.5) is 11.8 Å². The molecule has 1 aromatic heterocycles. The van der Waals surface area contributed by atoms with Crippen molar-refractivity contribution in [3.63, 3.8) is 0 Å². The van der Waals surface area contributed by atoms with E-state index in [2.05, 4.69) is 19.9 Å². The molecule has 1 aromatic carbocycles. The van der Waals surface area contributed by atoms with Crippen LogP contribution in [0.15, 0.2) is 40.3 Å². The van der Waals surface area contributed by atoms with E-state index >= 15 is 0 Å². The fourth-order valence-corrected chi connectivity index (χ4v) is 3.52. The average Bonchev–Trinajstić information content (AvgIpc) is 3.17. The minimum Gasteiger partial charge on any atom is -0.480 e. The van der Waals surface area contributed by atoms with E-state index in [0.29, 0.717) is 11.4 Å². The third kappa shape index (κ3) is 3.85. The van der Waals surface area contributed by atoms with E-state index in [9.17, 15) is 8.42 Å². The van der Waals surface area contributed by atoms with Gasteiger partial charge in [-0.25, -0.2) is 4.83 Å². The van der Waals surface area contributed by atoms with E-state index in [1.54, 1.807) is 18.2 Å². The number of hydrazone groups is 1. The number of nitrogens with zero attached hydrogens (tertiary/aromatic N) is 4. The van der Waals surface area contributed by atoms with Crippen molar-refractivity contribution in [2.45, 2.75) is 17.7 Å². The second-order valence-corrected chi connectivity index (χ2v) is 7.35. The smallest absolute Gasteiger partial charge is 0.276 e. The molecule has 9 nitrogen and oxygen atoms in total. The Morgan fingerprint density at radius 2 is 1.92 bits per heavy atom. The van der Waals surface area contributed by atoms with Crippen LogP contribution in [-0.4, -0.2) is 44.8 Å². The van der Waals surface area contributed by atoms with Crippen LogP contribution in [0.25, 0.3) is 0 Å². The molecule has 2 aromatic rings. The fraction of sp³-hybridized carbons (Fsp3) is 0.312. The van der Waals surface area contributed by atoms with Crippen LogP contribution in [0.5, 0.6) is 5.88 Å². The zero-order valence-corrected chi connectivity index (χ0v) is 15.1. The summed E-state index contributed by atoms with van der Waals surface area (Å²) >= 11 is 0. The molecule has 0 unspecified atom stereocenters. The Kier molecular flexibility index (Phi) is 5.21. The fourth-order valence-electron chi connectivity index (χ4n) is 2.70. The highest BCUT2D eigenvalue weighted by molar-refractivity contribution is 7.89. The highest BCUT2D eigenvalue weighted by atomic mass is 32.2. The maximum Gasteiger partial charge on any atom is 0.276 e. The number of hydrogen-bond donors (Lipinski definition) is 2. The normalized spacial score (nSPS) is 14.7. The van der Waals surface area contributed by atoms with Crippen LogP contribution >= 0.6 is 0 Å². The van der Waals surface area contributed by atoms with Crippen molar-refractivity contribution in [3.8, 4) is 5.88 Å². The molecule has 0 aliphatic carbocycles. The molecule has 0 radical (unpaired) electrons. The molecule has 0 atom stereocenters. The first-order valence-corrected chi connectivity index (χ1v) is 9.56. The second kappa shape index (κ2) is 7.56. The summed E-state index contributed by atoms with van der Waals surface area (Å²) in [7, 11) is -2.30. The molecule has 3 N–H and O–H groups in total. The number of ether oxygens (including phenoxy) is 1. The van der Waals surface area contributed by atoms with E-state index in [1.807, 2.05) is 4.90 Å². The predicted molar refractivity (Wildman–Crippen MR) is 98.8 cm³/mol. The van der Waals surface area contributed by atoms with E-state index in [0.717, 1.165) is 25.9 Å². The van der Waals surface area contributed by atoms with Gasteiger partial charge in [-0.3, -0.25) is 0 Å². The van der Waals surface area contributed by atoms with Crippen molar-refractivity contribution in [1.29, 1.82) is 0 Å². The Morgan fingerprint density at radius 3 is 2.58 bits per heavy atom. The van der Waals surface area contributed by atoms with Gasteiger partial charge in [-0.05, 0) is 25.0 Å². The number of sulfonamides is 1. The molecule has 0 spiro atoms. The Balaban J connectivity index is 1.90. The minimum atomic E-state index is -3.76. The molecule has 1 fully saturated rings. The lowest BCUT2D eigenvalue weighted by Crippen LogP contribution is -2.23. The number of nitrogen functional groups attached to an aromatic ring is 1. The Morgan fingerprint density at radius 1 is 1.23 bits per heavy atom. The summed E-state index contributed by atoms with van der Waals surface area (Å²) in [5, 5.41) is 3.87. The number of aromatic nitrogens is 2. The molecule has 138 valence electrons. The van der Waals surface area contributed by atoms with Crippen LogP contribution in [0.1, 0.15) is 18.4 Å². The van der Waals surface area contributed by atoms with Crippen LogP contribution < -0.4 is 20.2 Å². The zero-order valence-electron chi connectivity index (χ0n) is 14.3. The summed E-state index contributed by atoms with van der Waals surface area (Å²) in [6.45, 7) is 1.66. The number of methoxy groups -OCH3 is 1. The van der Waals surface area contributed by atoms with Gasteiger partial charge in [-0.15, -0.1) is 0 Å². The zero-order chi connectivity index (χ0) is 18.6. The molecule has 26 heavy (non-hydrogen) atoms. The van der Waals surface area contributed by atoms with Gasteiger partial charge in [0.1, 0.15) is 5.82 Å². The molecule has 2 heterocycles. The van der Waals surface area contributed by atoms with Crippen LogP contribution in [0.3, 0.4) is 0 Å². The molecule has 0 saturated carbocycles.